The predicted molar refractivity (Wildman–Crippen MR) is 130 cm³/mol. The Bertz CT molecular complexity index is 1200. The molecule has 2 heterocycles. The van der Waals surface area contributed by atoms with E-state index in [0.29, 0.717) is 9.80 Å². The van der Waals surface area contributed by atoms with Crippen LogP contribution in [0, 0.1) is 0 Å². The molecule has 0 N–H and O–H groups in total. The normalized spacial score (nSPS) is 17.5. The highest BCUT2D eigenvalue weighted by atomic mass is 19.4. The number of alkyl halides is 10. The lowest BCUT2D eigenvalue weighted by molar-refractivity contribution is -0.223. The van der Waals surface area contributed by atoms with Crippen molar-refractivity contribution < 1.29 is 53.5 Å². The van der Waals surface area contributed by atoms with Crippen molar-refractivity contribution in [3.63, 3.8) is 0 Å². The van der Waals surface area contributed by atoms with E-state index in [1.807, 2.05) is 0 Å². The van der Waals surface area contributed by atoms with Gasteiger partial charge in [-0.2, -0.15) is 43.9 Å². The van der Waals surface area contributed by atoms with Crippen LogP contribution in [0.1, 0.15) is 11.1 Å². The fourth-order valence-electron chi connectivity index (χ4n) is 4.76. The standard InChI is InChI=1S/C26H24F10N4O2/c27-23(28,21(41)39-11-7-37(8-12-39)19-5-1-3-17(15-19)25(31,32)33)24(29,30)22(42)40-13-9-38(10-14-40)20-6-2-4-18(16-20)26(34,35)36/h1-6,15-16H,7-14H2. The predicted octanol–water partition coefficient (Wildman–Crippen LogP) is 4.99. The van der Waals surface area contributed by atoms with Gasteiger partial charge in [0.25, 0.3) is 11.8 Å². The second-order valence-corrected chi connectivity index (χ2v) is 9.80. The average Bonchev–Trinajstić information content (AvgIpc) is 2.95. The van der Waals surface area contributed by atoms with Gasteiger partial charge in [0.2, 0.25) is 0 Å². The van der Waals surface area contributed by atoms with E-state index in [1.54, 1.807) is 0 Å². The molecular formula is C26H24F10N4O2. The molecule has 0 unspecified atom stereocenters. The van der Waals surface area contributed by atoms with Gasteiger partial charge in [0.05, 0.1) is 11.1 Å². The minimum absolute atomic E-state index is 0.105. The van der Waals surface area contributed by atoms with Crippen LogP contribution in [-0.2, 0) is 21.9 Å². The van der Waals surface area contributed by atoms with Crippen molar-refractivity contribution in [1.82, 2.24) is 9.80 Å². The Hall–Kier alpha value is -3.72. The van der Waals surface area contributed by atoms with Crippen molar-refractivity contribution >= 4 is 23.2 Å². The quantitative estimate of drug-likeness (QED) is 0.446. The fourth-order valence-corrected chi connectivity index (χ4v) is 4.76. The van der Waals surface area contributed by atoms with Crippen LogP contribution in [0.5, 0.6) is 0 Å². The van der Waals surface area contributed by atoms with Gasteiger partial charge >= 0.3 is 24.2 Å². The Morgan fingerprint density at radius 3 is 1.10 bits per heavy atom. The summed E-state index contributed by atoms with van der Waals surface area (Å²) in [5.41, 5.74) is -1.68. The number of rotatable bonds is 5. The molecule has 0 spiro atoms. The van der Waals surface area contributed by atoms with Gasteiger partial charge in [-0.3, -0.25) is 9.59 Å². The van der Waals surface area contributed by atoms with Crippen molar-refractivity contribution in [2.75, 3.05) is 62.2 Å². The van der Waals surface area contributed by atoms with E-state index in [2.05, 4.69) is 0 Å². The monoisotopic (exact) mass is 614 g/mol. The summed E-state index contributed by atoms with van der Waals surface area (Å²) in [6.07, 6.45) is -9.25. The van der Waals surface area contributed by atoms with Crippen molar-refractivity contribution in [1.29, 1.82) is 0 Å². The Labute approximate surface area is 233 Å². The van der Waals surface area contributed by atoms with Crippen LogP contribution in [-0.4, -0.2) is 85.8 Å². The van der Waals surface area contributed by atoms with Crippen LogP contribution < -0.4 is 9.80 Å². The third-order valence-electron chi connectivity index (χ3n) is 7.14. The summed E-state index contributed by atoms with van der Waals surface area (Å²) in [7, 11) is 0. The Balaban J connectivity index is 1.37. The zero-order valence-electron chi connectivity index (χ0n) is 21.7. The molecule has 2 saturated heterocycles. The molecule has 2 aromatic rings. The number of piperazine rings is 2. The summed E-state index contributed by atoms with van der Waals surface area (Å²) in [6.45, 7) is -2.93. The molecule has 16 heteroatoms. The molecule has 2 aliphatic heterocycles. The zero-order valence-corrected chi connectivity index (χ0v) is 21.7. The Kier molecular flexibility index (Phi) is 8.30. The molecule has 2 amide bonds. The molecular weight excluding hydrogens is 590 g/mol. The van der Waals surface area contributed by atoms with Crippen molar-refractivity contribution in [3.05, 3.63) is 59.7 Å². The third kappa shape index (κ3) is 6.21. The minimum Gasteiger partial charge on any atom is -0.368 e. The number of anilines is 2. The molecule has 0 aromatic heterocycles. The Morgan fingerprint density at radius 2 is 0.810 bits per heavy atom. The summed E-state index contributed by atoms with van der Waals surface area (Å²) in [5, 5.41) is 0. The molecule has 42 heavy (non-hydrogen) atoms. The highest BCUT2D eigenvalue weighted by Gasteiger charge is 2.68. The number of benzene rings is 2. The highest BCUT2D eigenvalue weighted by molar-refractivity contribution is 5.95. The first-order valence-corrected chi connectivity index (χ1v) is 12.6. The first-order chi connectivity index (χ1) is 19.4. The molecule has 4 rings (SSSR count). The first kappa shape index (κ1) is 31.2. The van der Waals surface area contributed by atoms with E-state index in [4.69, 9.17) is 0 Å². The summed E-state index contributed by atoms with van der Waals surface area (Å²) in [6, 6.07) is 8.35. The lowest BCUT2D eigenvalue weighted by atomic mass is 10.1. The summed E-state index contributed by atoms with van der Waals surface area (Å²) >= 11 is 0. The molecule has 0 saturated carbocycles. The van der Waals surface area contributed by atoms with Gasteiger partial charge in [-0.1, -0.05) is 12.1 Å². The molecule has 0 atom stereocenters. The molecule has 0 bridgehead atoms. The van der Waals surface area contributed by atoms with Crippen LogP contribution in [0.15, 0.2) is 48.5 Å². The van der Waals surface area contributed by atoms with E-state index >= 15 is 0 Å². The number of hydrogen-bond donors (Lipinski definition) is 0. The van der Waals surface area contributed by atoms with Gasteiger partial charge < -0.3 is 19.6 Å². The van der Waals surface area contributed by atoms with Gasteiger partial charge in [0.1, 0.15) is 0 Å². The molecule has 230 valence electrons. The van der Waals surface area contributed by atoms with Gasteiger partial charge in [0.15, 0.2) is 0 Å². The number of carbonyl (C=O) groups is 2. The lowest BCUT2D eigenvalue weighted by Gasteiger charge is -2.40. The molecule has 0 aliphatic carbocycles. The van der Waals surface area contributed by atoms with Crippen molar-refractivity contribution in [2.24, 2.45) is 0 Å². The fraction of sp³-hybridized carbons (Fsp3) is 0.462. The minimum atomic E-state index is -5.43. The Morgan fingerprint density at radius 1 is 0.500 bits per heavy atom. The first-order valence-electron chi connectivity index (χ1n) is 12.6. The summed E-state index contributed by atoms with van der Waals surface area (Å²) in [5.74, 6) is -15.5. The lowest BCUT2D eigenvalue weighted by Crippen LogP contribution is -2.64. The third-order valence-corrected chi connectivity index (χ3v) is 7.14. The van der Waals surface area contributed by atoms with E-state index in [9.17, 15) is 53.5 Å². The zero-order chi connectivity index (χ0) is 31.1. The maximum Gasteiger partial charge on any atom is 0.416 e. The van der Waals surface area contributed by atoms with E-state index in [-0.39, 0.29) is 37.6 Å². The van der Waals surface area contributed by atoms with Gasteiger partial charge in [-0.15, -0.1) is 0 Å². The topological polar surface area (TPSA) is 47.1 Å². The summed E-state index contributed by atoms with van der Waals surface area (Å²) < 4.78 is 137. The van der Waals surface area contributed by atoms with E-state index < -0.39 is 73.3 Å². The second-order valence-electron chi connectivity index (χ2n) is 9.80. The number of amides is 2. The highest BCUT2D eigenvalue weighted by Crippen LogP contribution is 2.39. The molecule has 2 aromatic carbocycles. The van der Waals surface area contributed by atoms with Crippen LogP contribution in [0.2, 0.25) is 0 Å². The van der Waals surface area contributed by atoms with Crippen molar-refractivity contribution in [2.45, 2.75) is 24.2 Å². The second kappa shape index (κ2) is 11.2. The summed E-state index contributed by atoms with van der Waals surface area (Å²) in [4.78, 5) is 28.6. The van der Waals surface area contributed by atoms with E-state index in [1.165, 1.54) is 21.9 Å². The smallest absolute Gasteiger partial charge is 0.368 e. The molecule has 2 aliphatic rings. The van der Waals surface area contributed by atoms with Crippen LogP contribution >= 0.6 is 0 Å². The van der Waals surface area contributed by atoms with Gasteiger partial charge in [-0.05, 0) is 36.4 Å². The number of hydrogen-bond acceptors (Lipinski definition) is 4. The average molecular weight is 614 g/mol. The van der Waals surface area contributed by atoms with Gasteiger partial charge in [-0.25, -0.2) is 0 Å². The van der Waals surface area contributed by atoms with Gasteiger partial charge in [0, 0.05) is 63.7 Å². The molecule has 2 fully saturated rings. The number of halogens is 10. The maximum absolute atomic E-state index is 14.8. The maximum atomic E-state index is 14.8. The van der Waals surface area contributed by atoms with E-state index in [0.717, 1.165) is 36.4 Å². The number of carbonyl (C=O) groups excluding carboxylic acids is 2. The molecule has 6 nitrogen and oxygen atoms in total. The van der Waals surface area contributed by atoms with Crippen LogP contribution in [0.4, 0.5) is 55.3 Å². The largest absolute Gasteiger partial charge is 0.416 e. The SMILES string of the molecule is O=C(N1CCN(c2cccc(C(F)(F)F)c2)CC1)C(F)(F)C(F)(F)C(=O)N1CCN(c2cccc(C(F)(F)F)c2)CC1. The number of nitrogens with zero attached hydrogens (tertiary/aromatic N) is 4. The van der Waals surface area contributed by atoms with Crippen LogP contribution in [0.3, 0.4) is 0 Å². The van der Waals surface area contributed by atoms with Crippen LogP contribution in [0.25, 0.3) is 0 Å². The van der Waals surface area contributed by atoms with Crippen molar-refractivity contribution in [3.8, 4) is 0 Å². The molecule has 0 radical (unpaired) electrons.